The van der Waals surface area contributed by atoms with Gasteiger partial charge in [0, 0.05) is 0 Å². The lowest BCUT2D eigenvalue weighted by atomic mass is 10.0. The highest BCUT2D eigenvalue weighted by atomic mass is 16.5. The van der Waals surface area contributed by atoms with Crippen LogP contribution in [0.2, 0.25) is 0 Å². The van der Waals surface area contributed by atoms with Gasteiger partial charge >= 0.3 is 5.97 Å². The van der Waals surface area contributed by atoms with E-state index in [9.17, 15) is 4.79 Å². The normalized spacial score (nSPS) is 35.1. The highest BCUT2D eigenvalue weighted by Crippen LogP contribution is 2.38. The molecule has 68 valence electrons. The van der Waals surface area contributed by atoms with E-state index >= 15 is 0 Å². The molecule has 1 aliphatic heterocycles. The van der Waals surface area contributed by atoms with E-state index in [2.05, 4.69) is 5.32 Å². The number of fused-ring (bicyclic) bond motifs is 1. The molecule has 0 bridgehead atoms. The Morgan fingerprint density at radius 2 is 1.92 bits per heavy atom. The molecule has 0 aromatic rings. The van der Waals surface area contributed by atoms with Gasteiger partial charge in [0.15, 0.2) is 0 Å². The molecule has 0 aromatic heterocycles. The lowest BCUT2D eigenvalue weighted by Crippen LogP contribution is -2.17. The lowest BCUT2D eigenvalue weighted by molar-refractivity contribution is -0.145. The summed E-state index contributed by atoms with van der Waals surface area (Å²) in [6.45, 7) is 2.19. The molecule has 2 atom stereocenters. The maximum absolute atomic E-state index is 11.2. The first-order chi connectivity index (χ1) is 5.81. The van der Waals surface area contributed by atoms with Crippen molar-refractivity contribution in [3.8, 4) is 0 Å². The summed E-state index contributed by atoms with van der Waals surface area (Å²) in [6, 6.07) is 0. The van der Waals surface area contributed by atoms with Gasteiger partial charge in [0.2, 0.25) is 0 Å². The number of nitrogens with one attached hydrogen (secondary N) is 1. The molecule has 0 spiro atoms. The fourth-order valence-electron chi connectivity index (χ4n) is 2.53. The Balaban J connectivity index is 1.94. The van der Waals surface area contributed by atoms with Crippen molar-refractivity contribution in [3.05, 3.63) is 0 Å². The van der Waals surface area contributed by atoms with Crippen LogP contribution < -0.4 is 5.32 Å². The molecular weight excluding hydrogens is 154 g/mol. The smallest absolute Gasteiger partial charge is 0.308 e. The summed E-state index contributed by atoms with van der Waals surface area (Å²) in [4.78, 5) is 11.2. The van der Waals surface area contributed by atoms with Gasteiger partial charge in [-0.15, -0.1) is 0 Å². The van der Waals surface area contributed by atoms with Gasteiger partial charge < -0.3 is 10.1 Å². The minimum atomic E-state index is -0.00981. The van der Waals surface area contributed by atoms with Gasteiger partial charge in [-0.25, -0.2) is 0 Å². The predicted molar refractivity (Wildman–Crippen MR) is 44.6 cm³/mol. The van der Waals surface area contributed by atoms with Gasteiger partial charge in [-0.05, 0) is 37.8 Å². The molecule has 1 heterocycles. The van der Waals surface area contributed by atoms with Crippen molar-refractivity contribution < 1.29 is 9.53 Å². The van der Waals surface area contributed by atoms with E-state index in [0.717, 1.165) is 37.8 Å². The molecule has 2 aliphatic rings. The van der Waals surface area contributed by atoms with E-state index in [1.54, 1.807) is 0 Å². The van der Waals surface area contributed by atoms with Crippen LogP contribution in [-0.4, -0.2) is 26.2 Å². The first-order valence-electron chi connectivity index (χ1n) is 4.60. The van der Waals surface area contributed by atoms with Crippen molar-refractivity contribution in [2.24, 2.45) is 17.8 Å². The zero-order valence-electron chi connectivity index (χ0n) is 7.38. The molecule has 2 rings (SSSR count). The van der Waals surface area contributed by atoms with Crippen LogP contribution in [0.1, 0.15) is 12.8 Å². The second-order valence-electron chi connectivity index (χ2n) is 3.87. The SMILES string of the molecule is COC(=O)C1C[C@@H]2CNC[C@H]2C1. The Morgan fingerprint density at radius 1 is 1.33 bits per heavy atom. The molecule has 12 heavy (non-hydrogen) atoms. The van der Waals surface area contributed by atoms with E-state index in [0.29, 0.717) is 0 Å². The third-order valence-corrected chi connectivity index (χ3v) is 3.19. The minimum Gasteiger partial charge on any atom is -0.469 e. The van der Waals surface area contributed by atoms with Crippen LogP contribution in [0, 0.1) is 17.8 Å². The molecule has 3 nitrogen and oxygen atoms in total. The lowest BCUT2D eigenvalue weighted by Gasteiger charge is -2.07. The number of ether oxygens (including phenoxy) is 1. The van der Waals surface area contributed by atoms with E-state index in [1.165, 1.54) is 7.11 Å². The highest BCUT2D eigenvalue weighted by Gasteiger charge is 2.40. The molecule has 3 heteroatoms. The second kappa shape index (κ2) is 3.05. The monoisotopic (exact) mass is 169 g/mol. The topological polar surface area (TPSA) is 38.3 Å². The van der Waals surface area contributed by atoms with Gasteiger partial charge in [0.1, 0.15) is 0 Å². The van der Waals surface area contributed by atoms with Crippen molar-refractivity contribution in [2.75, 3.05) is 20.2 Å². The summed E-state index contributed by atoms with van der Waals surface area (Å²) in [6.07, 6.45) is 2.06. The van der Waals surface area contributed by atoms with Crippen LogP contribution in [0.25, 0.3) is 0 Å². The molecule has 1 saturated heterocycles. The summed E-state index contributed by atoms with van der Waals surface area (Å²) < 4.78 is 4.74. The van der Waals surface area contributed by atoms with Crippen molar-refractivity contribution in [1.82, 2.24) is 5.32 Å². The van der Waals surface area contributed by atoms with Gasteiger partial charge in [0.05, 0.1) is 13.0 Å². The van der Waals surface area contributed by atoms with Gasteiger partial charge in [0.25, 0.3) is 0 Å². The molecule has 0 amide bonds. The van der Waals surface area contributed by atoms with E-state index in [-0.39, 0.29) is 11.9 Å². The molecule has 1 N–H and O–H groups in total. The number of hydrogen-bond donors (Lipinski definition) is 1. The maximum Gasteiger partial charge on any atom is 0.308 e. The average Bonchev–Trinajstić information content (AvgIpc) is 2.60. The molecule has 1 saturated carbocycles. The standard InChI is InChI=1S/C9H15NO2/c1-12-9(11)6-2-7-4-10-5-8(7)3-6/h6-8,10H,2-5H2,1H3/t7-,8-/m1/s1. The fourth-order valence-corrected chi connectivity index (χ4v) is 2.53. The number of rotatable bonds is 1. The highest BCUT2D eigenvalue weighted by molar-refractivity contribution is 5.72. The van der Waals surface area contributed by atoms with Crippen molar-refractivity contribution >= 4 is 5.97 Å². The number of carbonyl (C=O) groups excluding carboxylic acids is 1. The predicted octanol–water partition coefficient (Wildman–Crippen LogP) is 0.405. The van der Waals surface area contributed by atoms with Crippen LogP contribution in [-0.2, 0) is 9.53 Å². The number of methoxy groups -OCH3 is 1. The first kappa shape index (κ1) is 8.05. The summed E-state index contributed by atoms with van der Waals surface area (Å²) in [5, 5.41) is 3.35. The van der Waals surface area contributed by atoms with E-state index in [1.807, 2.05) is 0 Å². The van der Waals surface area contributed by atoms with Crippen molar-refractivity contribution in [1.29, 1.82) is 0 Å². The Hall–Kier alpha value is -0.570. The molecule has 1 aliphatic carbocycles. The quantitative estimate of drug-likeness (QED) is 0.578. The first-order valence-corrected chi connectivity index (χ1v) is 4.60. The maximum atomic E-state index is 11.2. The molecule has 0 radical (unpaired) electrons. The molecule has 2 fully saturated rings. The van der Waals surface area contributed by atoms with Gasteiger partial charge in [-0.1, -0.05) is 0 Å². The Labute approximate surface area is 72.5 Å². The molecular formula is C9H15NO2. The van der Waals surface area contributed by atoms with Gasteiger partial charge in [-0.3, -0.25) is 4.79 Å². The third-order valence-electron chi connectivity index (χ3n) is 3.19. The van der Waals surface area contributed by atoms with Crippen molar-refractivity contribution in [3.63, 3.8) is 0 Å². The largest absolute Gasteiger partial charge is 0.469 e. The fraction of sp³-hybridized carbons (Fsp3) is 0.889. The van der Waals surface area contributed by atoms with Crippen LogP contribution in [0.4, 0.5) is 0 Å². The van der Waals surface area contributed by atoms with E-state index in [4.69, 9.17) is 4.74 Å². The van der Waals surface area contributed by atoms with Gasteiger partial charge in [-0.2, -0.15) is 0 Å². The van der Waals surface area contributed by atoms with E-state index < -0.39 is 0 Å². The summed E-state index contributed by atoms with van der Waals surface area (Å²) >= 11 is 0. The zero-order valence-corrected chi connectivity index (χ0v) is 7.38. The number of carbonyl (C=O) groups is 1. The zero-order chi connectivity index (χ0) is 8.55. The second-order valence-corrected chi connectivity index (χ2v) is 3.87. The van der Waals surface area contributed by atoms with Crippen LogP contribution >= 0.6 is 0 Å². The number of esters is 1. The van der Waals surface area contributed by atoms with Crippen molar-refractivity contribution in [2.45, 2.75) is 12.8 Å². The minimum absolute atomic E-state index is 0.00981. The Bertz CT molecular complexity index is 181. The third kappa shape index (κ3) is 1.22. The Kier molecular flexibility index (Phi) is 2.05. The van der Waals surface area contributed by atoms with Crippen LogP contribution in [0.5, 0.6) is 0 Å². The molecule has 0 aromatic carbocycles. The average molecular weight is 169 g/mol. The van der Waals surface area contributed by atoms with Crippen LogP contribution in [0.15, 0.2) is 0 Å². The number of hydrogen-bond acceptors (Lipinski definition) is 3. The van der Waals surface area contributed by atoms with Crippen LogP contribution in [0.3, 0.4) is 0 Å². The summed E-state index contributed by atoms with van der Waals surface area (Å²) in [5.41, 5.74) is 0. The summed E-state index contributed by atoms with van der Waals surface area (Å²) in [7, 11) is 1.48. The summed E-state index contributed by atoms with van der Waals surface area (Å²) in [5.74, 6) is 1.64. The Morgan fingerprint density at radius 3 is 2.42 bits per heavy atom. The molecule has 0 unspecified atom stereocenters.